The standard InChI is InChI=1S/C10H12N4O3S/c1-2-11-10(18)13-12-6-7-4-3-5-8(9(7)15)14(16)17/h3-6,15H,2H2,1H3,(H2,11,13,18)/b12-6+. The Balaban J connectivity index is 2.79. The fraction of sp³-hybridized carbons (Fsp3) is 0.200. The minimum absolute atomic E-state index is 0.232. The van der Waals surface area contributed by atoms with Crippen molar-refractivity contribution >= 4 is 29.2 Å². The maximum Gasteiger partial charge on any atom is 0.311 e. The number of phenols is 1. The van der Waals surface area contributed by atoms with Crippen LogP contribution in [0, 0.1) is 10.1 Å². The van der Waals surface area contributed by atoms with Crippen molar-refractivity contribution in [3.05, 3.63) is 33.9 Å². The highest BCUT2D eigenvalue weighted by Gasteiger charge is 2.14. The molecule has 0 bridgehead atoms. The van der Waals surface area contributed by atoms with E-state index in [1.165, 1.54) is 24.4 Å². The smallest absolute Gasteiger partial charge is 0.311 e. The van der Waals surface area contributed by atoms with Crippen molar-refractivity contribution in [2.45, 2.75) is 6.92 Å². The lowest BCUT2D eigenvalue weighted by molar-refractivity contribution is -0.385. The third kappa shape index (κ3) is 3.67. The topological polar surface area (TPSA) is 99.8 Å². The number of hydrogen-bond donors (Lipinski definition) is 3. The van der Waals surface area contributed by atoms with Crippen molar-refractivity contribution in [3.63, 3.8) is 0 Å². The molecule has 0 amide bonds. The Bertz CT molecular complexity index is 490. The summed E-state index contributed by atoms with van der Waals surface area (Å²) in [7, 11) is 0. The molecule has 96 valence electrons. The van der Waals surface area contributed by atoms with Gasteiger partial charge in [0, 0.05) is 18.2 Å². The summed E-state index contributed by atoms with van der Waals surface area (Å²) in [6.45, 7) is 2.54. The second-order valence-corrected chi connectivity index (χ2v) is 3.61. The van der Waals surface area contributed by atoms with Gasteiger partial charge in [-0.3, -0.25) is 15.5 Å². The van der Waals surface area contributed by atoms with Crippen LogP contribution in [-0.4, -0.2) is 27.9 Å². The van der Waals surface area contributed by atoms with E-state index in [1.54, 1.807) is 0 Å². The van der Waals surface area contributed by atoms with E-state index in [-0.39, 0.29) is 11.3 Å². The van der Waals surface area contributed by atoms with Crippen molar-refractivity contribution < 1.29 is 10.0 Å². The zero-order chi connectivity index (χ0) is 13.5. The lowest BCUT2D eigenvalue weighted by Crippen LogP contribution is -2.31. The number of para-hydroxylation sites is 1. The van der Waals surface area contributed by atoms with Gasteiger partial charge in [-0.2, -0.15) is 5.10 Å². The Kier molecular flexibility index (Phi) is 5.00. The van der Waals surface area contributed by atoms with Gasteiger partial charge in [-0.1, -0.05) is 6.07 Å². The number of thiocarbonyl (C=S) groups is 1. The first-order valence-electron chi connectivity index (χ1n) is 5.09. The summed E-state index contributed by atoms with van der Waals surface area (Å²) in [5, 5.41) is 27.1. The van der Waals surface area contributed by atoms with E-state index in [0.717, 1.165) is 0 Å². The van der Waals surface area contributed by atoms with Crippen LogP contribution in [-0.2, 0) is 0 Å². The number of rotatable bonds is 4. The highest BCUT2D eigenvalue weighted by molar-refractivity contribution is 7.80. The van der Waals surface area contributed by atoms with Gasteiger partial charge in [-0.25, -0.2) is 0 Å². The molecule has 7 nitrogen and oxygen atoms in total. The lowest BCUT2D eigenvalue weighted by Gasteiger charge is -2.03. The van der Waals surface area contributed by atoms with Crippen LogP contribution in [0.25, 0.3) is 0 Å². The van der Waals surface area contributed by atoms with E-state index in [4.69, 9.17) is 12.2 Å². The van der Waals surface area contributed by atoms with Crippen molar-refractivity contribution in [3.8, 4) is 5.75 Å². The van der Waals surface area contributed by atoms with Crippen molar-refractivity contribution in [2.24, 2.45) is 5.10 Å². The number of hydrazone groups is 1. The highest BCUT2D eigenvalue weighted by atomic mass is 32.1. The number of hydrogen-bond acceptors (Lipinski definition) is 5. The molecule has 1 rings (SSSR count). The molecule has 0 atom stereocenters. The molecule has 0 fully saturated rings. The van der Waals surface area contributed by atoms with Crippen LogP contribution in [0.3, 0.4) is 0 Å². The molecule has 0 aromatic heterocycles. The first kappa shape index (κ1) is 13.8. The predicted molar refractivity (Wildman–Crippen MR) is 71.8 cm³/mol. The van der Waals surface area contributed by atoms with E-state index >= 15 is 0 Å². The maximum absolute atomic E-state index is 10.6. The van der Waals surface area contributed by atoms with E-state index in [9.17, 15) is 15.2 Å². The molecule has 0 spiro atoms. The minimum Gasteiger partial charge on any atom is -0.502 e. The third-order valence-electron chi connectivity index (χ3n) is 1.95. The molecule has 0 aliphatic rings. The van der Waals surface area contributed by atoms with Gasteiger partial charge in [-0.05, 0) is 25.2 Å². The Morgan fingerprint density at radius 1 is 1.67 bits per heavy atom. The number of aromatic hydroxyl groups is 1. The van der Waals surface area contributed by atoms with Crippen molar-refractivity contribution in [1.82, 2.24) is 10.7 Å². The maximum atomic E-state index is 10.6. The first-order valence-corrected chi connectivity index (χ1v) is 5.50. The molecule has 0 radical (unpaired) electrons. The Hall–Kier alpha value is -2.22. The monoisotopic (exact) mass is 268 g/mol. The molecule has 0 heterocycles. The van der Waals surface area contributed by atoms with Gasteiger partial charge in [0.05, 0.1) is 11.1 Å². The molecule has 8 heteroatoms. The van der Waals surface area contributed by atoms with Gasteiger partial charge in [0.15, 0.2) is 5.11 Å². The summed E-state index contributed by atoms with van der Waals surface area (Å²) >= 11 is 4.86. The zero-order valence-corrected chi connectivity index (χ0v) is 10.4. The molecule has 3 N–H and O–H groups in total. The molecular formula is C10H12N4O3S. The number of phenolic OH excluding ortho intramolecular Hbond substituents is 1. The summed E-state index contributed by atoms with van der Waals surface area (Å²) in [6.07, 6.45) is 1.26. The number of nitrogens with one attached hydrogen (secondary N) is 2. The van der Waals surface area contributed by atoms with Crippen molar-refractivity contribution in [2.75, 3.05) is 6.54 Å². The van der Waals surface area contributed by atoms with Gasteiger partial charge in [0.25, 0.3) is 0 Å². The molecule has 1 aromatic carbocycles. The Morgan fingerprint density at radius 3 is 3.00 bits per heavy atom. The van der Waals surface area contributed by atoms with Crippen LogP contribution in [0.2, 0.25) is 0 Å². The van der Waals surface area contributed by atoms with Crippen LogP contribution >= 0.6 is 12.2 Å². The Morgan fingerprint density at radius 2 is 2.39 bits per heavy atom. The van der Waals surface area contributed by atoms with Gasteiger partial charge >= 0.3 is 5.69 Å². The van der Waals surface area contributed by atoms with Gasteiger partial charge in [0.2, 0.25) is 5.75 Å². The number of nitro groups is 1. The number of benzene rings is 1. The summed E-state index contributed by atoms with van der Waals surface area (Å²) in [6, 6.07) is 4.18. The van der Waals surface area contributed by atoms with Crippen LogP contribution in [0.15, 0.2) is 23.3 Å². The molecule has 0 saturated carbocycles. The summed E-state index contributed by atoms with van der Waals surface area (Å²) < 4.78 is 0. The molecule has 0 unspecified atom stereocenters. The Labute approximate surface area is 109 Å². The molecule has 0 aliphatic heterocycles. The van der Waals surface area contributed by atoms with Crippen LogP contribution in [0.1, 0.15) is 12.5 Å². The molecular weight excluding hydrogens is 256 g/mol. The molecule has 1 aromatic rings. The fourth-order valence-corrected chi connectivity index (χ4v) is 1.36. The summed E-state index contributed by atoms with van der Waals surface area (Å²) in [5.74, 6) is -0.428. The zero-order valence-electron chi connectivity index (χ0n) is 9.58. The van der Waals surface area contributed by atoms with Crippen LogP contribution in [0.5, 0.6) is 5.75 Å². The molecule has 18 heavy (non-hydrogen) atoms. The normalized spacial score (nSPS) is 10.3. The van der Waals surface area contributed by atoms with E-state index in [1.807, 2.05) is 6.92 Å². The fourth-order valence-electron chi connectivity index (χ4n) is 1.16. The van der Waals surface area contributed by atoms with E-state index in [2.05, 4.69) is 15.8 Å². The third-order valence-corrected chi connectivity index (χ3v) is 2.19. The molecule has 0 saturated heterocycles. The SMILES string of the molecule is CCNC(=S)N/N=C/c1cccc([N+](=O)[O-])c1O. The second kappa shape index (κ2) is 6.50. The minimum atomic E-state index is -0.663. The van der Waals surface area contributed by atoms with E-state index in [0.29, 0.717) is 11.7 Å². The highest BCUT2D eigenvalue weighted by Crippen LogP contribution is 2.27. The molecule has 0 aliphatic carbocycles. The average Bonchev–Trinajstić information content (AvgIpc) is 2.31. The van der Waals surface area contributed by atoms with Crippen molar-refractivity contribution in [1.29, 1.82) is 0 Å². The van der Waals surface area contributed by atoms with Gasteiger partial charge < -0.3 is 10.4 Å². The number of nitro benzene ring substituents is 1. The summed E-state index contributed by atoms with van der Waals surface area (Å²) in [4.78, 5) is 9.93. The summed E-state index contributed by atoms with van der Waals surface area (Å²) in [5.41, 5.74) is 2.38. The van der Waals surface area contributed by atoms with Crippen LogP contribution < -0.4 is 10.7 Å². The van der Waals surface area contributed by atoms with Gasteiger partial charge in [0.1, 0.15) is 0 Å². The average molecular weight is 268 g/mol. The first-order chi connectivity index (χ1) is 8.56. The number of nitrogens with zero attached hydrogens (tertiary/aromatic N) is 2. The predicted octanol–water partition coefficient (Wildman–Crippen LogP) is 1.12. The van der Waals surface area contributed by atoms with Gasteiger partial charge in [-0.15, -0.1) is 0 Å². The van der Waals surface area contributed by atoms with Crippen LogP contribution in [0.4, 0.5) is 5.69 Å². The van der Waals surface area contributed by atoms with E-state index < -0.39 is 10.7 Å². The lowest BCUT2D eigenvalue weighted by atomic mass is 10.2. The largest absolute Gasteiger partial charge is 0.502 e. The quantitative estimate of drug-likeness (QED) is 0.327. The second-order valence-electron chi connectivity index (χ2n) is 3.20.